The molecule has 0 radical (unpaired) electrons. The number of fused-ring (bicyclic) bond motifs is 1. The number of aliphatic hydroxyl groups is 1. The van der Waals surface area contributed by atoms with E-state index in [0.717, 1.165) is 32.3 Å². The van der Waals surface area contributed by atoms with Crippen molar-refractivity contribution in [2.75, 3.05) is 19.8 Å². The monoisotopic (exact) mass is 256 g/mol. The number of rotatable bonds is 8. The van der Waals surface area contributed by atoms with Crippen molar-refractivity contribution in [2.45, 2.75) is 70.5 Å². The summed E-state index contributed by atoms with van der Waals surface area (Å²) in [5, 5.41) is 9.59. The molecule has 106 valence electrons. The normalized spacial score (nSPS) is 35.0. The van der Waals surface area contributed by atoms with Crippen molar-refractivity contribution in [2.24, 2.45) is 5.41 Å². The average molecular weight is 256 g/mol. The zero-order chi connectivity index (χ0) is 12.8. The molecule has 18 heavy (non-hydrogen) atoms. The SMILES string of the molecule is CCCCCCOC[C@@H]1C[C@]2(CO)CCC[C@@H]2O1. The van der Waals surface area contributed by atoms with Gasteiger partial charge < -0.3 is 14.6 Å². The molecule has 1 saturated heterocycles. The largest absolute Gasteiger partial charge is 0.396 e. The lowest BCUT2D eigenvalue weighted by molar-refractivity contribution is -0.0272. The Labute approximate surface area is 111 Å². The van der Waals surface area contributed by atoms with Gasteiger partial charge in [0.25, 0.3) is 0 Å². The fourth-order valence-corrected chi connectivity index (χ4v) is 3.48. The maximum Gasteiger partial charge on any atom is 0.0819 e. The lowest BCUT2D eigenvalue weighted by Crippen LogP contribution is -2.28. The van der Waals surface area contributed by atoms with Crippen molar-refractivity contribution in [3.05, 3.63) is 0 Å². The van der Waals surface area contributed by atoms with Crippen LogP contribution in [0.5, 0.6) is 0 Å². The molecule has 0 aromatic heterocycles. The Hall–Kier alpha value is -0.120. The molecular weight excluding hydrogens is 228 g/mol. The van der Waals surface area contributed by atoms with Gasteiger partial charge in [-0.25, -0.2) is 0 Å². The van der Waals surface area contributed by atoms with Crippen LogP contribution in [0.1, 0.15) is 58.3 Å². The van der Waals surface area contributed by atoms with Gasteiger partial charge in [0.1, 0.15) is 0 Å². The van der Waals surface area contributed by atoms with Gasteiger partial charge in [-0.05, 0) is 25.7 Å². The Bertz CT molecular complexity index is 244. The van der Waals surface area contributed by atoms with Crippen molar-refractivity contribution in [1.29, 1.82) is 0 Å². The van der Waals surface area contributed by atoms with Gasteiger partial charge in [-0.15, -0.1) is 0 Å². The van der Waals surface area contributed by atoms with Crippen LogP contribution in [0.4, 0.5) is 0 Å². The molecule has 2 aliphatic rings. The molecule has 1 heterocycles. The number of hydrogen-bond acceptors (Lipinski definition) is 3. The van der Waals surface area contributed by atoms with E-state index < -0.39 is 0 Å². The third-order valence-corrected chi connectivity index (χ3v) is 4.58. The summed E-state index contributed by atoms with van der Waals surface area (Å²) in [7, 11) is 0. The highest BCUT2D eigenvalue weighted by molar-refractivity contribution is 4.99. The number of hydrogen-bond donors (Lipinski definition) is 1. The van der Waals surface area contributed by atoms with Crippen LogP contribution in [-0.2, 0) is 9.47 Å². The minimum absolute atomic E-state index is 0.0657. The Morgan fingerprint density at radius 2 is 2.22 bits per heavy atom. The molecule has 1 aliphatic heterocycles. The second kappa shape index (κ2) is 6.88. The zero-order valence-electron chi connectivity index (χ0n) is 11.7. The molecule has 3 heteroatoms. The summed E-state index contributed by atoms with van der Waals surface area (Å²) in [6, 6.07) is 0. The molecule has 0 bridgehead atoms. The molecule has 0 spiro atoms. The summed E-state index contributed by atoms with van der Waals surface area (Å²) in [6.45, 7) is 4.08. The zero-order valence-corrected chi connectivity index (χ0v) is 11.7. The summed E-state index contributed by atoms with van der Waals surface area (Å²) >= 11 is 0. The fraction of sp³-hybridized carbons (Fsp3) is 1.00. The van der Waals surface area contributed by atoms with Crippen LogP contribution in [0.3, 0.4) is 0 Å². The number of aliphatic hydroxyl groups excluding tert-OH is 1. The van der Waals surface area contributed by atoms with Crippen LogP contribution in [0.2, 0.25) is 0 Å². The first kappa shape index (κ1) is 14.3. The topological polar surface area (TPSA) is 38.7 Å². The second-order valence-corrected chi connectivity index (χ2v) is 6.00. The molecule has 0 unspecified atom stereocenters. The van der Waals surface area contributed by atoms with E-state index in [0.29, 0.717) is 6.61 Å². The maximum absolute atomic E-state index is 9.59. The van der Waals surface area contributed by atoms with Crippen LogP contribution in [0, 0.1) is 5.41 Å². The van der Waals surface area contributed by atoms with Crippen molar-refractivity contribution in [3.63, 3.8) is 0 Å². The van der Waals surface area contributed by atoms with E-state index in [2.05, 4.69) is 6.92 Å². The first-order chi connectivity index (χ1) is 8.80. The molecule has 0 amide bonds. The minimum atomic E-state index is 0.0657. The van der Waals surface area contributed by atoms with E-state index in [1.165, 1.54) is 25.7 Å². The summed E-state index contributed by atoms with van der Waals surface area (Å²) in [6.07, 6.45) is 9.95. The average Bonchev–Trinajstić information content (AvgIpc) is 2.90. The van der Waals surface area contributed by atoms with Crippen LogP contribution >= 0.6 is 0 Å². The highest BCUT2D eigenvalue weighted by atomic mass is 16.5. The Balaban J connectivity index is 1.61. The maximum atomic E-state index is 9.59. The lowest BCUT2D eigenvalue weighted by Gasteiger charge is -2.24. The lowest BCUT2D eigenvalue weighted by atomic mass is 9.82. The van der Waals surface area contributed by atoms with Crippen LogP contribution in [-0.4, -0.2) is 37.1 Å². The predicted molar refractivity (Wildman–Crippen MR) is 71.6 cm³/mol. The van der Waals surface area contributed by atoms with Gasteiger partial charge in [-0.2, -0.15) is 0 Å². The molecule has 1 aliphatic carbocycles. The smallest absolute Gasteiger partial charge is 0.0819 e. The predicted octanol–water partition coefficient (Wildman–Crippen LogP) is 2.90. The number of unbranched alkanes of at least 4 members (excludes halogenated alkanes) is 3. The van der Waals surface area contributed by atoms with Gasteiger partial charge in [0, 0.05) is 12.0 Å². The standard InChI is InChI=1S/C15H28O3/c1-2-3-4-5-9-17-11-13-10-15(12-16)8-6-7-14(15)18-13/h13-14,16H,2-12H2,1H3/t13-,14-,15-/m0/s1. The summed E-state index contributed by atoms with van der Waals surface area (Å²) < 4.78 is 11.7. The molecule has 0 aromatic carbocycles. The molecule has 3 atom stereocenters. The molecule has 1 N–H and O–H groups in total. The van der Waals surface area contributed by atoms with E-state index in [-0.39, 0.29) is 24.2 Å². The van der Waals surface area contributed by atoms with Gasteiger partial charge in [0.05, 0.1) is 25.4 Å². The molecule has 1 saturated carbocycles. The van der Waals surface area contributed by atoms with E-state index >= 15 is 0 Å². The molecule has 2 rings (SSSR count). The van der Waals surface area contributed by atoms with E-state index in [4.69, 9.17) is 9.47 Å². The van der Waals surface area contributed by atoms with Crippen LogP contribution < -0.4 is 0 Å². The third-order valence-electron chi connectivity index (χ3n) is 4.58. The van der Waals surface area contributed by atoms with Crippen LogP contribution in [0.25, 0.3) is 0 Å². The molecule has 2 fully saturated rings. The summed E-state index contributed by atoms with van der Waals surface area (Å²) in [5.41, 5.74) is 0.0657. The second-order valence-electron chi connectivity index (χ2n) is 6.00. The van der Waals surface area contributed by atoms with Crippen molar-refractivity contribution >= 4 is 0 Å². The summed E-state index contributed by atoms with van der Waals surface area (Å²) in [4.78, 5) is 0. The number of ether oxygens (including phenoxy) is 2. The molecule has 0 aromatic rings. The highest BCUT2D eigenvalue weighted by Gasteiger charge is 2.50. The van der Waals surface area contributed by atoms with Gasteiger partial charge in [-0.3, -0.25) is 0 Å². The van der Waals surface area contributed by atoms with Gasteiger partial charge in [-0.1, -0.05) is 32.6 Å². The Morgan fingerprint density at radius 3 is 2.94 bits per heavy atom. The minimum Gasteiger partial charge on any atom is -0.396 e. The van der Waals surface area contributed by atoms with Gasteiger partial charge >= 0.3 is 0 Å². The van der Waals surface area contributed by atoms with E-state index in [1.807, 2.05) is 0 Å². The first-order valence-electron chi connectivity index (χ1n) is 7.65. The van der Waals surface area contributed by atoms with E-state index in [1.54, 1.807) is 0 Å². The fourth-order valence-electron chi connectivity index (χ4n) is 3.48. The summed E-state index contributed by atoms with van der Waals surface area (Å²) in [5.74, 6) is 0. The van der Waals surface area contributed by atoms with E-state index in [9.17, 15) is 5.11 Å². The van der Waals surface area contributed by atoms with Crippen molar-refractivity contribution < 1.29 is 14.6 Å². The highest BCUT2D eigenvalue weighted by Crippen LogP contribution is 2.49. The third kappa shape index (κ3) is 3.25. The van der Waals surface area contributed by atoms with Crippen molar-refractivity contribution in [1.82, 2.24) is 0 Å². The first-order valence-corrected chi connectivity index (χ1v) is 7.65. The van der Waals surface area contributed by atoms with Crippen molar-refractivity contribution in [3.8, 4) is 0 Å². The molecular formula is C15H28O3. The van der Waals surface area contributed by atoms with Crippen LogP contribution in [0.15, 0.2) is 0 Å². The quantitative estimate of drug-likeness (QED) is 0.679. The molecule has 3 nitrogen and oxygen atoms in total. The Morgan fingerprint density at radius 1 is 1.33 bits per heavy atom. The van der Waals surface area contributed by atoms with Gasteiger partial charge in [0.2, 0.25) is 0 Å². The van der Waals surface area contributed by atoms with Gasteiger partial charge in [0.15, 0.2) is 0 Å². The Kier molecular flexibility index (Phi) is 5.46.